The summed E-state index contributed by atoms with van der Waals surface area (Å²) in [6.07, 6.45) is 0. The minimum Gasteiger partial charge on any atom is -0.491 e. The molecule has 0 saturated heterocycles. The topological polar surface area (TPSA) is 56.8 Å². The highest BCUT2D eigenvalue weighted by Gasteiger charge is 2.07. The van der Waals surface area contributed by atoms with Gasteiger partial charge in [-0.3, -0.25) is 4.79 Å². The highest BCUT2D eigenvalue weighted by atomic mass is 16.5. The van der Waals surface area contributed by atoms with Crippen LogP contribution >= 0.6 is 0 Å². The van der Waals surface area contributed by atoms with Crippen LogP contribution in [-0.2, 0) is 16.1 Å². The summed E-state index contributed by atoms with van der Waals surface area (Å²) in [7, 11) is 0. The Morgan fingerprint density at radius 3 is 2.14 bits per heavy atom. The molecule has 5 heteroatoms. The second-order valence-corrected chi connectivity index (χ2v) is 6.01. The molecule has 3 rings (SSSR count). The third kappa shape index (κ3) is 6.45. The molecule has 0 aliphatic carbocycles. The number of hydrogen-bond acceptors (Lipinski definition) is 4. The molecule has 144 valence electrons. The van der Waals surface area contributed by atoms with Gasteiger partial charge in [-0.1, -0.05) is 54.6 Å². The van der Waals surface area contributed by atoms with Crippen molar-refractivity contribution in [2.45, 2.75) is 6.54 Å². The summed E-state index contributed by atoms with van der Waals surface area (Å²) >= 11 is 0. The molecule has 0 aliphatic heterocycles. The van der Waals surface area contributed by atoms with E-state index in [-0.39, 0.29) is 12.5 Å². The first kappa shape index (κ1) is 19.5. The summed E-state index contributed by atoms with van der Waals surface area (Å²) in [4.78, 5) is 12.0. The van der Waals surface area contributed by atoms with E-state index in [1.807, 2.05) is 84.9 Å². The second kappa shape index (κ2) is 10.7. The molecule has 1 N–H and O–H groups in total. The van der Waals surface area contributed by atoms with Crippen molar-refractivity contribution in [3.05, 3.63) is 90.5 Å². The third-order valence-corrected chi connectivity index (χ3v) is 3.89. The summed E-state index contributed by atoms with van der Waals surface area (Å²) in [5.74, 6) is 2.06. The van der Waals surface area contributed by atoms with Gasteiger partial charge >= 0.3 is 0 Å². The predicted octanol–water partition coefficient (Wildman–Crippen LogP) is 4.19. The van der Waals surface area contributed by atoms with Crippen LogP contribution in [0.25, 0.3) is 0 Å². The molecular formula is C23H23NO4. The number of hydrogen-bond donors (Lipinski definition) is 1. The molecule has 0 spiro atoms. The molecular weight excluding hydrogens is 354 g/mol. The van der Waals surface area contributed by atoms with Gasteiger partial charge in [0.1, 0.15) is 30.5 Å². The van der Waals surface area contributed by atoms with E-state index in [9.17, 15) is 4.79 Å². The Labute approximate surface area is 164 Å². The van der Waals surface area contributed by atoms with Gasteiger partial charge in [0.15, 0.2) is 0 Å². The number of ether oxygens (including phenoxy) is 3. The monoisotopic (exact) mass is 377 g/mol. The zero-order valence-corrected chi connectivity index (χ0v) is 15.5. The molecule has 0 heterocycles. The molecule has 3 aromatic rings. The van der Waals surface area contributed by atoms with E-state index in [1.54, 1.807) is 0 Å². The summed E-state index contributed by atoms with van der Waals surface area (Å²) in [5.41, 5.74) is 0.895. The van der Waals surface area contributed by atoms with Crippen LogP contribution in [0.4, 0.5) is 0 Å². The maximum absolute atomic E-state index is 12.0. The molecule has 0 radical (unpaired) electrons. The van der Waals surface area contributed by atoms with Crippen LogP contribution in [-0.4, -0.2) is 25.7 Å². The lowest BCUT2D eigenvalue weighted by Gasteiger charge is -2.12. The van der Waals surface area contributed by atoms with Gasteiger partial charge in [-0.05, 0) is 30.3 Å². The van der Waals surface area contributed by atoms with Crippen molar-refractivity contribution in [3.63, 3.8) is 0 Å². The lowest BCUT2D eigenvalue weighted by molar-refractivity contribution is -0.126. The maximum Gasteiger partial charge on any atom is 0.246 e. The summed E-state index contributed by atoms with van der Waals surface area (Å²) in [6, 6.07) is 26.7. The van der Waals surface area contributed by atoms with E-state index in [0.717, 1.165) is 17.1 Å². The van der Waals surface area contributed by atoms with Crippen molar-refractivity contribution in [1.82, 2.24) is 5.32 Å². The van der Waals surface area contributed by atoms with E-state index in [4.69, 9.17) is 14.2 Å². The first-order valence-corrected chi connectivity index (χ1v) is 9.14. The van der Waals surface area contributed by atoms with Gasteiger partial charge in [0.05, 0.1) is 6.61 Å². The quantitative estimate of drug-likeness (QED) is 0.538. The molecule has 0 bridgehead atoms. The van der Waals surface area contributed by atoms with E-state index in [1.165, 1.54) is 0 Å². The summed E-state index contributed by atoms with van der Waals surface area (Å²) in [6.45, 7) is 1.09. The van der Waals surface area contributed by atoms with Gasteiger partial charge in [-0.2, -0.15) is 0 Å². The Hall–Kier alpha value is -3.31. The first-order valence-electron chi connectivity index (χ1n) is 9.14. The molecule has 3 aromatic carbocycles. The molecule has 0 aromatic heterocycles. The van der Waals surface area contributed by atoms with Crippen LogP contribution < -0.4 is 14.8 Å². The third-order valence-electron chi connectivity index (χ3n) is 3.89. The molecule has 1 amide bonds. The molecule has 0 fully saturated rings. The van der Waals surface area contributed by atoms with Crippen molar-refractivity contribution in [1.29, 1.82) is 0 Å². The number of carbonyl (C=O) groups is 1. The minimum atomic E-state index is -0.186. The average molecular weight is 377 g/mol. The standard InChI is InChI=1S/C23H23NO4/c25-23(18-26-15-16-27-20-10-3-1-4-11-20)24-17-19-9-7-8-14-22(19)28-21-12-5-2-6-13-21/h1-14H,15-18H2,(H,24,25). The zero-order chi connectivity index (χ0) is 19.4. The van der Waals surface area contributed by atoms with E-state index < -0.39 is 0 Å². The van der Waals surface area contributed by atoms with Gasteiger partial charge in [-0.15, -0.1) is 0 Å². The van der Waals surface area contributed by atoms with Gasteiger partial charge < -0.3 is 19.5 Å². The molecule has 0 unspecified atom stereocenters. The maximum atomic E-state index is 12.0. The Kier molecular flexibility index (Phi) is 7.46. The van der Waals surface area contributed by atoms with Crippen LogP contribution in [0.3, 0.4) is 0 Å². The van der Waals surface area contributed by atoms with E-state index in [0.29, 0.717) is 25.5 Å². The van der Waals surface area contributed by atoms with Crippen molar-refractivity contribution in [3.8, 4) is 17.2 Å². The summed E-state index contributed by atoms with van der Waals surface area (Å²) in [5, 5.41) is 2.85. The predicted molar refractivity (Wildman–Crippen MR) is 108 cm³/mol. The number of benzene rings is 3. The van der Waals surface area contributed by atoms with Crippen LogP contribution in [0.5, 0.6) is 17.2 Å². The highest BCUT2D eigenvalue weighted by molar-refractivity contribution is 5.77. The number of para-hydroxylation sites is 3. The lowest BCUT2D eigenvalue weighted by atomic mass is 10.2. The molecule has 28 heavy (non-hydrogen) atoms. The fourth-order valence-corrected chi connectivity index (χ4v) is 2.51. The number of carbonyl (C=O) groups excluding carboxylic acids is 1. The minimum absolute atomic E-state index is 0.0140. The summed E-state index contributed by atoms with van der Waals surface area (Å²) < 4.78 is 16.8. The van der Waals surface area contributed by atoms with E-state index >= 15 is 0 Å². The lowest BCUT2D eigenvalue weighted by Crippen LogP contribution is -2.28. The van der Waals surface area contributed by atoms with Crippen molar-refractivity contribution in [2.24, 2.45) is 0 Å². The smallest absolute Gasteiger partial charge is 0.246 e. The second-order valence-electron chi connectivity index (χ2n) is 6.01. The Morgan fingerprint density at radius 2 is 1.39 bits per heavy atom. The molecule has 0 saturated carbocycles. The van der Waals surface area contributed by atoms with Crippen molar-refractivity contribution < 1.29 is 19.0 Å². The van der Waals surface area contributed by atoms with Gasteiger partial charge in [-0.25, -0.2) is 0 Å². The van der Waals surface area contributed by atoms with Crippen LogP contribution in [0, 0.1) is 0 Å². The largest absolute Gasteiger partial charge is 0.491 e. The SMILES string of the molecule is O=C(COCCOc1ccccc1)NCc1ccccc1Oc1ccccc1. The van der Waals surface area contributed by atoms with Crippen LogP contribution in [0.2, 0.25) is 0 Å². The van der Waals surface area contributed by atoms with Gasteiger partial charge in [0.2, 0.25) is 5.91 Å². The normalized spacial score (nSPS) is 10.3. The number of rotatable bonds is 10. The van der Waals surface area contributed by atoms with Crippen molar-refractivity contribution >= 4 is 5.91 Å². The number of amides is 1. The number of nitrogens with one attached hydrogen (secondary N) is 1. The Balaban J connectivity index is 1.38. The fraction of sp³-hybridized carbons (Fsp3) is 0.174. The molecule has 0 atom stereocenters. The van der Waals surface area contributed by atoms with Crippen LogP contribution in [0.1, 0.15) is 5.56 Å². The van der Waals surface area contributed by atoms with Gasteiger partial charge in [0, 0.05) is 12.1 Å². The van der Waals surface area contributed by atoms with Crippen molar-refractivity contribution in [2.75, 3.05) is 19.8 Å². The Morgan fingerprint density at radius 1 is 0.750 bits per heavy atom. The zero-order valence-electron chi connectivity index (χ0n) is 15.5. The highest BCUT2D eigenvalue weighted by Crippen LogP contribution is 2.24. The van der Waals surface area contributed by atoms with Gasteiger partial charge in [0.25, 0.3) is 0 Å². The average Bonchev–Trinajstić information content (AvgIpc) is 2.74. The first-order chi connectivity index (χ1) is 13.8. The van der Waals surface area contributed by atoms with E-state index in [2.05, 4.69) is 5.32 Å². The van der Waals surface area contributed by atoms with Crippen LogP contribution in [0.15, 0.2) is 84.9 Å². The molecule has 0 aliphatic rings. The Bertz CT molecular complexity index is 853. The molecule has 5 nitrogen and oxygen atoms in total. The fourth-order valence-electron chi connectivity index (χ4n) is 2.51.